The van der Waals surface area contributed by atoms with E-state index < -0.39 is 0 Å². The van der Waals surface area contributed by atoms with Gasteiger partial charge in [0, 0.05) is 16.0 Å². The Morgan fingerprint density at radius 2 is 1.48 bits per heavy atom. The maximum absolute atomic E-state index is 3.49. The van der Waals surface area contributed by atoms with Gasteiger partial charge in [-0.3, -0.25) is 0 Å². The predicted molar refractivity (Wildman–Crippen MR) is 93.4 cm³/mol. The Bertz CT molecular complexity index is 561. The van der Waals surface area contributed by atoms with E-state index in [0.29, 0.717) is 0 Å². The van der Waals surface area contributed by atoms with Crippen LogP contribution in [0.3, 0.4) is 0 Å². The second-order valence-corrected chi connectivity index (χ2v) is 7.02. The lowest BCUT2D eigenvalue weighted by Gasteiger charge is -2.15. The third-order valence-corrected chi connectivity index (χ3v) is 3.66. The van der Waals surface area contributed by atoms with Crippen molar-refractivity contribution in [3.05, 3.63) is 60.7 Å². The molecule has 0 aromatic heterocycles. The molecule has 0 saturated carbocycles. The summed E-state index contributed by atoms with van der Waals surface area (Å²) in [6, 6.07) is 20.6. The first-order chi connectivity index (χ1) is 10.0. The van der Waals surface area contributed by atoms with Gasteiger partial charge < -0.3 is 5.32 Å². The molecule has 108 valence electrons. The maximum atomic E-state index is 3.49. The van der Waals surface area contributed by atoms with E-state index in [1.165, 1.54) is 4.90 Å². The molecular weight excluding hydrogens is 274 g/mol. The molecule has 0 amide bonds. The van der Waals surface area contributed by atoms with Crippen molar-refractivity contribution in [2.75, 3.05) is 5.32 Å². The molecule has 0 heterocycles. The molecule has 2 aromatic rings. The molecule has 0 aliphatic heterocycles. The van der Waals surface area contributed by atoms with Crippen molar-refractivity contribution in [1.82, 2.24) is 0 Å². The Hall–Kier alpha value is -1.85. The lowest BCUT2D eigenvalue weighted by atomic mass is 9.98. The number of nitrogens with one attached hydrogen (secondary N) is 1. The molecule has 2 aromatic carbocycles. The highest BCUT2D eigenvalue weighted by Gasteiger charge is 2.09. The standard InChI is InChI=1S/C19H21NS/c1-19(2,3)15-14-18(20-16-10-6-4-7-11-16)21-17-12-8-5-9-13-17/h4-13,18,20H,1-3H3. The van der Waals surface area contributed by atoms with E-state index in [2.05, 4.69) is 74.3 Å². The molecule has 0 spiro atoms. The average Bonchev–Trinajstić information content (AvgIpc) is 2.46. The van der Waals surface area contributed by atoms with Crippen LogP contribution in [0.15, 0.2) is 65.6 Å². The number of thioether (sulfide) groups is 1. The molecule has 0 fully saturated rings. The van der Waals surface area contributed by atoms with Gasteiger partial charge in [0.05, 0.1) is 0 Å². The van der Waals surface area contributed by atoms with Crippen LogP contribution in [0.25, 0.3) is 0 Å². The lowest BCUT2D eigenvalue weighted by Crippen LogP contribution is -2.14. The second kappa shape index (κ2) is 7.24. The summed E-state index contributed by atoms with van der Waals surface area (Å²) in [7, 11) is 0. The van der Waals surface area contributed by atoms with Crippen molar-refractivity contribution in [2.24, 2.45) is 5.41 Å². The molecule has 21 heavy (non-hydrogen) atoms. The molecule has 0 radical (unpaired) electrons. The number of para-hydroxylation sites is 1. The third kappa shape index (κ3) is 5.97. The summed E-state index contributed by atoms with van der Waals surface area (Å²) in [6.07, 6.45) is 0. The fraction of sp³-hybridized carbons (Fsp3) is 0.263. The topological polar surface area (TPSA) is 12.0 Å². The highest BCUT2D eigenvalue weighted by Crippen LogP contribution is 2.24. The van der Waals surface area contributed by atoms with Crippen LogP contribution in [0.4, 0.5) is 5.69 Å². The van der Waals surface area contributed by atoms with E-state index in [9.17, 15) is 0 Å². The monoisotopic (exact) mass is 295 g/mol. The van der Waals surface area contributed by atoms with Crippen molar-refractivity contribution in [3.8, 4) is 11.8 Å². The minimum Gasteiger partial charge on any atom is -0.363 e. The summed E-state index contributed by atoms with van der Waals surface area (Å²) in [5.74, 6) is 6.69. The Kier molecular flexibility index (Phi) is 5.36. The fourth-order valence-corrected chi connectivity index (χ4v) is 2.60. The van der Waals surface area contributed by atoms with Crippen LogP contribution in [0.2, 0.25) is 0 Å². The van der Waals surface area contributed by atoms with Crippen LogP contribution >= 0.6 is 11.8 Å². The summed E-state index contributed by atoms with van der Waals surface area (Å²) < 4.78 is 0. The SMILES string of the molecule is CC(C)(C)C#CC(Nc1ccccc1)Sc1ccccc1. The minimum atomic E-state index is 0.00780. The van der Waals surface area contributed by atoms with E-state index in [-0.39, 0.29) is 10.8 Å². The number of hydrogen-bond acceptors (Lipinski definition) is 2. The van der Waals surface area contributed by atoms with Crippen molar-refractivity contribution < 1.29 is 0 Å². The highest BCUT2D eigenvalue weighted by molar-refractivity contribution is 8.00. The first-order valence-corrected chi connectivity index (χ1v) is 7.97. The maximum Gasteiger partial charge on any atom is 0.139 e. The van der Waals surface area contributed by atoms with Gasteiger partial charge in [0.1, 0.15) is 5.37 Å². The summed E-state index contributed by atoms with van der Waals surface area (Å²) in [5.41, 5.74) is 1.10. The average molecular weight is 295 g/mol. The van der Waals surface area contributed by atoms with Gasteiger partial charge >= 0.3 is 0 Å². The normalized spacial score (nSPS) is 12.1. The van der Waals surface area contributed by atoms with Gasteiger partial charge in [-0.25, -0.2) is 0 Å². The van der Waals surface area contributed by atoms with Crippen molar-refractivity contribution >= 4 is 17.4 Å². The van der Waals surface area contributed by atoms with Gasteiger partial charge in [-0.2, -0.15) is 0 Å². The number of hydrogen-bond donors (Lipinski definition) is 1. The smallest absolute Gasteiger partial charge is 0.139 e. The van der Waals surface area contributed by atoms with E-state index in [1.54, 1.807) is 11.8 Å². The molecular formula is C19H21NS. The molecule has 1 unspecified atom stereocenters. The Labute approximate surface area is 132 Å². The Morgan fingerprint density at radius 1 is 0.905 bits per heavy atom. The Morgan fingerprint density at radius 3 is 2.05 bits per heavy atom. The zero-order chi connectivity index (χ0) is 15.1. The molecule has 1 nitrogen and oxygen atoms in total. The summed E-state index contributed by atoms with van der Waals surface area (Å²) in [5, 5.41) is 3.53. The van der Waals surface area contributed by atoms with Gasteiger partial charge in [-0.1, -0.05) is 60.0 Å². The molecule has 2 heteroatoms. The number of rotatable bonds is 4. The van der Waals surface area contributed by atoms with Crippen molar-refractivity contribution in [2.45, 2.75) is 31.0 Å². The zero-order valence-electron chi connectivity index (χ0n) is 12.8. The minimum absolute atomic E-state index is 0.00780. The van der Waals surface area contributed by atoms with Crippen LogP contribution in [0.5, 0.6) is 0 Å². The van der Waals surface area contributed by atoms with Crippen LogP contribution in [-0.4, -0.2) is 5.37 Å². The quantitative estimate of drug-likeness (QED) is 0.469. The highest BCUT2D eigenvalue weighted by atomic mass is 32.2. The van der Waals surface area contributed by atoms with E-state index >= 15 is 0 Å². The van der Waals surface area contributed by atoms with Gasteiger partial charge in [0.15, 0.2) is 0 Å². The van der Waals surface area contributed by atoms with Crippen molar-refractivity contribution in [3.63, 3.8) is 0 Å². The van der Waals surface area contributed by atoms with Crippen LogP contribution < -0.4 is 5.32 Å². The molecule has 2 rings (SSSR count). The first-order valence-electron chi connectivity index (χ1n) is 7.09. The molecule has 1 atom stereocenters. The van der Waals surface area contributed by atoms with Gasteiger partial charge in [0.2, 0.25) is 0 Å². The predicted octanol–water partition coefficient (Wildman–Crippen LogP) is 5.27. The molecule has 0 saturated heterocycles. The van der Waals surface area contributed by atoms with Crippen LogP contribution in [0.1, 0.15) is 20.8 Å². The fourth-order valence-electron chi connectivity index (χ4n) is 1.70. The largest absolute Gasteiger partial charge is 0.363 e. The van der Waals surface area contributed by atoms with E-state index in [0.717, 1.165) is 5.69 Å². The lowest BCUT2D eigenvalue weighted by molar-refractivity contribution is 0.570. The molecule has 0 bridgehead atoms. The van der Waals surface area contributed by atoms with E-state index in [4.69, 9.17) is 0 Å². The summed E-state index contributed by atoms with van der Waals surface area (Å²) in [6.45, 7) is 6.40. The van der Waals surface area contributed by atoms with Gasteiger partial charge in [-0.15, -0.1) is 0 Å². The zero-order valence-corrected chi connectivity index (χ0v) is 13.6. The van der Waals surface area contributed by atoms with Gasteiger partial charge in [0.25, 0.3) is 0 Å². The molecule has 1 N–H and O–H groups in total. The third-order valence-electron chi connectivity index (χ3n) is 2.65. The first kappa shape index (κ1) is 15.5. The summed E-state index contributed by atoms with van der Waals surface area (Å²) in [4.78, 5) is 1.22. The number of benzene rings is 2. The van der Waals surface area contributed by atoms with Gasteiger partial charge in [-0.05, 0) is 45.0 Å². The van der Waals surface area contributed by atoms with Crippen LogP contribution in [0, 0.1) is 17.3 Å². The Balaban J connectivity index is 2.15. The molecule has 0 aliphatic carbocycles. The number of anilines is 1. The van der Waals surface area contributed by atoms with Crippen LogP contribution in [-0.2, 0) is 0 Å². The second-order valence-electron chi connectivity index (χ2n) is 5.84. The summed E-state index contributed by atoms with van der Waals surface area (Å²) >= 11 is 1.74. The van der Waals surface area contributed by atoms with E-state index in [1.807, 2.05) is 24.3 Å². The molecule has 0 aliphatic rings. The van der Waals surface area contributed by atoms with Crippen molar-refractivity contribution in [1.29, 1.82) is 0 Å².